The molecule has 2 aromatic rings. The van der Waals surface area contributed by atoms with Crippen molar-refractivity contribution in [3.8, 4) is 0 Å². The summed E-state index contributed by atoms with van der Waals surface area (Å²) in [6, 6.07) is 7.39. The summed E-state index contributed by atoms with van der Waals surface area (Å²) in [7, 11) is 1.77. The molecule has 0 aliphatic carbocycles. The van der Waals surface area contributed by atoms with Crippen LogP contribution < -0.4 is 0 Å². The van der Waals surface area contributed by atoms with Crippen LogP contribution in [0.25, 0.3) is 0 Å². The lowest BCUT2D eigenvalue weighted by atomic mass is 10.2. The molecule has 1 heterocycles. The molecule has 0 atom stereocenters. The van der Waals surface area contributed by atoms with E-state index in [0.717, 1.165) is 14.5 Å². The summed E-state index contributed by atoms with van der Waals surface area (Å²) in [6.07, 6.45) is 3.24. The lowest BCUT2D eigenvalue weighted by molar-refractivity contribution is 0.0784. The first-order valence-electron chi connectivity index (χ1n) is 5.29. The van der Waals surface area contributed by atoms with Gasteiger partial charge in [0, 0.05) is 28.1 Å². The lowest BCUT2D eigenvalue weighted by Gasteiger charge is -2.17. The largest absolute Gasteiger partial charge is 0.472 e. The van der Waals surface area contributed by atoms with E-state index in [4.69, 9.17) is 4.42 Å². The molecule has 0 bridgehead atoms. The van der Waals surface area contributed by atoms with E-state index in [-0.39, 0.29) is 5.91 Å². The molecule has 0 aliphatic heterocycles. The van der Waals surface area contributed by atoms with Crippen LogP contribution in [-0.2, 0) is 6.54 Å². The molecule has 1 aromatic carbocycles. The fourth-order valence-electron chi connectivity index (χ4n) is 1.60. The maximum absolute atomic E-state index is 12.3. The van der Waals surface area contributed by atoms with E-state index < -0.39 is 0 Å². The van der Waals surface area contributed by atoms with Gasteiger partial charge in [-0.15, -0.1) is 0 Å². The Bertz CT molecular complexity index is 552. The van der Waals surface area contributed by atoms with E-state index in [9.17, 15) is 4.79 Å². The van der Waals surface area contributed by atoms with Crippen LogP contribution in [0.2, 0.25) is 0 Å². The Morgan fingerprint density at radius 2 is 2.11 bits per heavy atom. The molecule has 3 nitrogen and oxygen atoms in total. The molecule has 0 fully saturated rings. The first-order chi connectivity index (χ1) is 8.58. The van der Waals surface area contributed by atoms with Gasteiger partial charge in [-0.05, 0) is 40.2 Å². The second kappa shape index (κ2) is 5.71. The third kappa shape index (κ3) is 3.03. The molecule has 0 radical (unpaired) electrons. The van der Waals surface area contributed by atoms with E-state index >= 15 is 0 Å². The summed E-state index contributed by atoms with van der Waals surface area (Å²) in [5.41, 5.74) is 1.60. The van der Waals surface area contributed by atoms with Gasteiger partial charge in [-0.1, -0.05) is 15.9 Å². The highest BCUT2D eigenvalue weighted by Gasteiger charge is 2.15. The summed E-state index contributed by atoms with van der Waals surface area (Å²) in [5, 5.41) is 0. The maximum Gasteiger partial charge on any atom is 0.255 e. The number of nitrogens with zero attached hydrogens (tertiary/aromatic N) is 1. The number of halogens is 2. The summed E-state index contributed by atoms with van der Waals surface area (Å²) >= 11 is 6.76. The fraction of sp³-hybridized carbons (Fsp3) is 0.154. The van der Waals surface area contributed by atoms with Crippen molar-refractivity contribution in [1.82, 2.24) is 4.90 Å². The molecular weight excluding hydrogens is 362 g/mol. The zero-order valence-corrected chi connectivity index (χ0v) is 12.9. The van der Waals surface area contributed by atoms with Crippen molar-refractivity contribution in [3.05, 3.63) is 56.9 Å². The number of rotatable bonds is 3. The first-order valence-corrected chi connectivity index (χ1v) is 6.88. The SMILES string of the molecule is CN(Cc1ccoc1)C(=O)c1cc(Br)ccc1Br. The van der Waals surface area contributed by atoms with Crippen molar-refractivity contribution in [2.45, 2.75) is 6.54 Å². The molecule has 94 valence electrons. The summed E-state index contributed by atoms with van der Waals surface area (Å²) in [4.78, 5) is 13.9. The molecule has 0 N–H and O–H groups in total. The number of furan rings is 1. The Morgan fingerprint density at radius 3 is 2.78 bits per heavy atom. The number of benzene rings is 1. The quantitative estimate of drug-likeness (QED) is 0.813. The molecular formula is C13H11Br2NO2. The minimum atomic E-state index is -0.0376. The van der Waals surface area contributed by atoms with Crippen molar-refractivity contribution in [2.24, 2.45) is 0 Å². The number of hydrogen-bond acceptors (Lipinski definition) is 2. The third-order valence-corrected chi connectivity index (χ3v) is 3.69. The average molecular weight is 373 g/mol. The molecule has 5 heteroatoms. The van der Waals surface area contributed by atoms with Crippen LogP contribution in [0.3, 0.4) is 0 Å². The monoisotopic (exact) mass is 371 g/mol. The lowest BCUT2D eigenvalue weighted by Crippen LogP contribution is -2.26. The third-order valence-electron chi connectivity index (χ3n) is 2.51. The number of carbonyl (C=O) groups excluding carboxylic acids is 1. The van der Waals surface area contributed by atoms with Crippen molar-refractivity contribution in [3.63, 3.8) is 0 Å². The fourth-order valence-corrected chi connectivity index (χ4v) is 2.37. The maximum atomic E-state index is 12.3. The Morgan fingerprint density at radius 1 is 1.33 bits per heavy atom. The summed E-state index contributed by atoms with van der Waals surface area (Å²) in [5.74, 6) is -0.0376. The Labute approximate surface area is 122 Å². The van der Waals surface area contributed by atoms with Crippen LogP contribution in [0.4, 0.5) is 0 Å². The molecule has 0 spiro atoms. The van der Waals surface area contributed by atoms with Gasteiger partial charge in [0.15, 0.2) is 0 Å². The van der Waals surface area contributed by atoms with E-state index in [1.54, 1.807) is 30.5 Å². The van der Waals surface area contributed by atoms with Crippen molar-refractivity contribution < 1.29 is 9.21 Å². The number of amides is 1. The second-order valence-corrected chi connectivity index (χ2v) is 5.69. The van der Waals surface area contributed by atoms with Gasteiger partial charge in [-0.3, -0.25) is 4.79 Å². The minimum absolute atomic E-state index is 0.0376. The second-order valence-electron chi connectivity index (χ2n) is 3.92. The molecule has 0 saturated heterocycles. The van der Waals surface area contributed by atoms with Gasteiger partial charge in [-0.2, -0.15) is 0 Å². The van der Waals surface area contributed by atoms with Crippen LogP contribution in [0.15, 0.2) is 50.2 Å². The van der Waals surface area contributed by atoms with Crippen LogP contribution >= 0.6 is 31.9 Å². The van der Waals surface area contributed by atoms with Gasteiger partial charge in [0.05, 0.1) is 18.1 Å². The molecule has 0 unspecified atom stereocenters. The van der Waals surface area contributed by atoms with Crippen molar-refractivity contribution in [2.75, 3.05) is 7.05 Å². The normalized spacial score (nSPS) is 10.4. The topological polar surface area (TPSA) is 33.5 Å². The van der Waals surface area contributed by atoms with Crippen LogP contribution in [-0.4, -0.2) is 17.9 Å². The Balaban J connectivity index is 2.17. The van der Waals surface area contributed by atoms with Gasteiger partial charge in [-0.25, -0.2) is 0 Å². The highest BCUT2D eigenvalue weighted by molar-refractivity contribution is 9.11. The van der Waals surface area contributed by atoms with Gasteiger partial charge >= 0.3 is 0 Å². The summed E-state index contributed by atoms with van der Waals surface area (Å²) < 4.78 is 6.66. The number of hydrogen-bond donors (Lipinski definition) is 0. The smallest absolute Gasteiger partial charge is 0.255 e. The molecule has 2 rings (SSSR count). The van der Waals surface area contributed by atoms with Gasteiger partial charge in [0.25, 0.3) is 5.91 Å². The van der Waals surface area contributed by atoms with Gasteiger partial charge in [0.2, 0.25) is 0 Å². The Hall–Kier alpha value is -1.07. The predicted molar refractivity (Wildman–Crippen MR) is 76.3 cm³/mol. The zero-order chi connectivity index (χ0) is 13.1. The molecule has 1 amide bonds. The molecule has 0 aliphatic rings. The minimum Gasteiger partial charge on any atom is -0.472 e. The number of carbonyl (C=O) groups is 1. The highest BCUT2D eigenvalue weighted by atomic mass is 79.9. The molecule has 18 heavy (non-hydrogen) atoms. The van der Waals surface area contributed by atoms with E-state index in [1.807, 2.05) is 18.2 Å². The van der Waals surface area contributed by atoms with Crippen LogP contribution in [0.1, 0.15) is 15.9 Å². The summed E-state index contributed by atoms with van der Waals surface area (Å²) in [6.45, 7) is 0.522. The average Bonchev–Trinajstić information content (AvgIpc) is 2.84. The standard InChI is InChI=1S/C13H11Br2NO2/c1-16(7-9-4-5-18-8-9)13(17)11-6-10(14)2-3-12(11)15/h2-6,8H,7H2,1H3. The van der Waals surface area contributed by atoms with E-state index in [0.29, 0.717) is 12.1 Å². The Kier molecular flexibility index (Phi) is 4.24. The first kappa shape index (κ1) is 13.4. The molecule has 0 saturated carbocycles. The molecule has 1 aromatic heterocycles. The zero-order valence-electron chi connectivity index (χ0n) is 9.69. The van der Waals surface area contributed by atoms with Gasteiger partial charge < -0.3 is 9.32 Å². The predicted octanol–water partition coefficient (Wildman–Crippen LogP) is 4.08. The van der Waals surface area contributed by atoms with E-state index in [1.165, 1.54) is 0 Å². The van der Waals surface area contributed by atoms with Gasteiger partial charge in [0.1, 0.15) is 0 Å². The van der Waals surface area contributed by atoms with Crippen molar-refractivity contribution >= 4 is 37.8 Å². The van der Waals surface area contributed by atoms with Crippen LogP contribution in [0, 0.1) is 0 Å². The highest BCUT2D eigenvalue weighted by Crippen LogP contribution is 2.23. The van der Waals surface area contributed by atoms with E-state index in [2.05, 4.69) is 31.9 Å². The van der Waals surface area contributed by atoms with Crippen LogP contribution in [0.5, 0.6) is 0 Å². The van der Waals surface area contributed by atoms with Crippen molar-refractivity contribution in [1.29, 1.82) is 0 Å².